The van der Waals surface area contributed by atoms with Crippen LogP contribution in [-0.2, 0) is 0 Å². The SMILES string of the molecule is CCCCCCCCCOc1ccc(C#Cc2ccc(F)c(F)c2)cc1. The highest BCUT2D eigenvalue weighted by Gasteiger charge is 2.00. The number of rotatable bonds is 9. The molecule has 0 aliphatic rings. The molecule has 0 spiro atoms. The molecule has 0 saturated heterocycles. The van der Waals surface area contributed by atoms with Crippen LogP contribution in [-0.4, -0.2) is 6.61 Å². The van der Waals surface area contributed by atoms with Crippen molar-refractivity contribution in [3.05, 3.63) is 65.2 Å². The molecule has 0 N–H and O–H groups in total. The molecule has 0 radical (unpaired) electrons. The number of hydrogen-bond donors (Lipinski definition) is 0. The van der Waals surface area contributed by atoms with Gasteiger partial charge >= 0.3 is 0 Å². The number of unbranched alkanes of at least 4 members (excludes halogenated alkanes) is 6. The Kier molecular flexibility index (Phi) is 8.69. The average Bonchev–Trinajstić information content (AvgIpc) is 2.66. The van der Waals surface area contributed by atoms with Gasteiger partial charge in [-0.25, -0.2) is 8.78 Å². The zero-order valence-electron chi connectivity index (χ0n) is 15.4. The van der Waals surface area contributed by atoms with Crippen molar-refractivity contribution in [2.45, 2.75) is 51.9 Å². The molecule has 26 heavy (non-hydrogen) atoms. The Hall–Kier alpha value is -2.34. The van der Waals surface area contributed by atoms with Gasteiger partial charge in [0.25, 0.3) is 0 Å². The molecular formula is C23H26F2O. The average molecular weight is 356 g/mol. The van der Waals surface area contributed by atoms with Crippen molar-refractivity contribution < 1.29 is 13.5 Å². The van der Waals surface area contributed by atoms with Gasteiger partial charge in [0.05, 0.1) is 6.61 Å². The van der Waals surface area contributed by atoms with Gasteiger partial charge in [-0.05, 0) is 48.9 Å². The van der Waals surface area contributed by atoms with E-state index in [0.29, 0.717) is 5.56 Å². The van der Waals surface area contributed by atoms with E-state index in [4.69, 9.17) is 4.74 Å². The highest BCUT2D eigenvalue weighted by atomic mass is 19.2. The van der Waals surface area contributed by atoms with Crippen LogP contribution in [0.25, 0.3) is 0 Å². The zero-order valence-corrected chi connectivity index (χ0v) is 15.4. The van der Waals surface area contributed by atoms with E-state index < -0.39 is 11.6 Å². The first-order chi connectivity index (χ1) is 12.7. The monoisotopic (exact) mass is 356 g/mol. The minimum atomic E-state index is -0.883. The topological polar surface area (TPSA) is 9.23 Å². The largest absolute Gasteiger partial charge is 0.494 e. The second kappa shape index (κ2) is 11.3. The zero-order chi connectivity index (χ0) is 18.6. The third kappa shape index (κ3) is 7.27. The molecular weight excluding hydrogens is 330 g/mol. The fraction of sp³-hybridized carbons (Fsp3) is 0.391. The first-order valence-corrected chi connectivity index (χ1v) is 9.39. The van der Waals surface area contributed by atoms with E-state index in [0.717, 1.165) is 36.5 Å². The number of hydrogen-bond acceptors (Lipinski definition) is 1. The molecule has 3 heteroatoms. The van der Waals surface area contributed by atoms with Crippen LogP contribution in [0.5, 0.6) is 5.75 Å². The lowest BCUT2D eigenvalue weighted by atomic mass is 10.1. The van der Waals surface area contributed by atoms with Gasteiger partial charge in [-0.15, -0.1) is 0 Å². The predicted octanol–water partition coefficient (Wildman–Crippen LogP) is 6.49. The minimum absolute atomic E-state index is 0.447. The summed E-state index contributed by atoms with van der Waals surface area (Å²) in [4.78, 5) is 0. The third-order valence-electron chi connectivity index (χ3n) is 4.14. The summed E-state index contributed by atoms with van der Waals surface area (Å²) in [5.74, 6) is 4.85. The van der Waals surface area contributed by atoms with Crippen LogP contribution >= 0.6 is 0 Å². The van der Waals surface area contributed by atoms with Crippen molar-refractivity contribution in [2.75, 3.05) is 6.61 Å². The molecule has 0 atom stereocenters. The molecule has 0 bridgehead atoms. The van der Waals surface area contributed by atoms with Gasteiger partial charge in [-0.3, -0.25) is 0 Å². The molecule has 0 saturated carbocycles. The molecule has 2 aromatic carbocycles. The van der Waals surface area contributed by atoms with Crippen LogP contribution in [0.1, 0.15) is 63.0 Å². The lowest BCUT2D eigenvalue weighted by Gasteiger charge is -2.06. The molecule has 0 unspecified atom stereocenters. The third-order valence-corrected chi connectivity index (χ3v) is 4.14. The van der Waals surface area contributed by atoms with Crippen molar-refractivity contribution in [3.8, 4) is 17.6 Å². The van der Waals surface area contributed by atoms with E-state index in [2.05, 4.69) is 18.8 Å². The van der Waals surface area contributed by atoms with Gasteiger partial charge in [0.15, 0.2) is 11.6 Å². The van der Waals surface area contributed by atoms with Crippen LogP contribution in [0.3, 0.4) is 0 Å². The standard InChI is InChI=1S/C23H26F2O/c1-2-3-4-5-6-7-8-17-26-21-14-11-19(12-15-21)9-10-20-13-16-22(24)23(25)18-20/h11-16,18H,2-8,17H2,1H3. The second-order valence-corrected chi connectivity index (χ2v) is 6.37. The molecule has 0 aromatic heterocycles. The van der Waals surface area contributed by atoms with Crippen molar-refractivity contribution in [3.63, 3.8) is 0 Å². The summed E-state index contributed by atoms with van der Waals surface area (Å²) in [7, 11) is 0. The van der Waals surface area contributed by atoms with E-state index in [9.17, 15) is 8.78 Å². The van der Waals surface area contributed by atoms with Gasteiger partial charge in [-0.2, -0.15) is 0 Å². The summed E-state index contributed by atoms with van der Waals surface area (Å²) in [6.45, 7) is 2.96. The normalized spacial score (nSPS) is 10.3. The summed E-state index contributed by atoms with van der Waals surface area (Å²) >= 11 is 0. The van der Waals surface area contributed by atoms with Gasteiger partial charge in [0, 0.05) is 11.1 Å². The summed E-state index contributed by atoms with van der Waals surface area (Å²) in [6.07, 6.45) is 8.84. The first-order valence-electron chi connectivity index (χ1n) is 9.39. The predicted molar refractivity (Wildman–Crippen MR) is 102 cm³/mol. The molecule has 138 valence electrons. The number of halogens is 2. The molecule has 2 rings (SSSR count). The molecule has 2 aromatic rings. The minimum Gasteiger partial charge on any atom is -0.494 e. The van der Waals surface area contributed by atoms with Crippen molar-refractivity contribution in [1.29, 1.82) is 0 Å². The summed E-state index contributed by atoms with van der Waals surface area (Å²) in [6, 6.07) is 11.2. The fourth-order valence-corrected chi connectivity index (χ4v) is 2.60. The molecule has 1 nitrogen and oxygen atoms in total. The lowest BCUT2D eigenvalue weighted by Crippen LogP contribution is -1.97. The number of benzene rings is 2. The number of ether oxygens (including phenoxy) is 1. The van der Waals surface area contributed by atoms with Crippen LogP contribution < -0.4 is 4.74 Å². The highest BCUT2D eigenvalue weighted by molar-refractivity contribution is 5.44. The van der Waals surface area contributed by atoms with Crippen molar-refractivity contribution in [1.82, 2.24) is 0 Å². The Bertz CT molecular complexity index is 726. The maximum Gasteiger partial charge on any atom is 0.160 e. The lowest BCUT2D eigenvalue weighted by molar-refractivity contribution is 0.304. The van der Waals surface area contributed by atoms with E-state index in [1.54, 1.807) is 0 Å². The van der Waals surface area contributed by atoms with Crippen LogP contribution in [0.2, 0.25) is 0 Å². The summed E-state index contributed by atoms with van der Waals surface area (Å²) in [5, 5.41) is 0. The Balaban J connectivity index is 1.73. The van der Waals surface area contributed by atoms with Crippen molar-refractivity contribution >= 4 is 0 Å². The Morgan fingerprint density at radius 1 is 0.731 bits per heavy atom. The second-order valence-electron chi connectivity index (χ2n) is 6.37. The van der Waals surface area contributed by atoms with Gasteiger partial charge in [0.1, 0.15) is 5.75 Å². The molecule has 0 amide bonds. The molecule has 0 heterocycles. The van der Waals surface area contributed by atoms with E-state index in [1.165, 1.54) is 44.6 Å². The molecule has 0 fully saturated rings. The summed E-state index contributed by atoms with van der Waals surface area (Å²) in [5.41, 5.74) is 1.25. The van der Waals surface area contributed by atoms with Crippen molar-refractivity contribution in [2.24, 2.45) is 0 Å². The molecule has 0 aliphatic carbocycles. The van der Waals surface area contributed by atoms with Gasteiger partial charge in [-0.1, -0.05) is 57.3 Å². The first kappa shape index (κ1) is 20.0. The van der Waals surface area contributed by atoms with E-state index in [-0.39, 0.29) is 0 Å². The van der Waals surface area contributed by atoms with E-state index in [1.807, 2.05) is 24.3 Å². The maximum absolute atomic E-state index is 13.1. The van der Waals surface area contributed by atoms with Gasteiger partial charge in [0.2, 0.25) is 0 Å². The van der Waals surface area contributed by atoms with Crippen LogP contribution in [0.4, 0.5) is 8.78 Å². The summed E-state index contributed by atoms with van der Waals surface area (Å²) < 4.78 is 31.8. The smallest absolute Gasteiger partial charge is 0.160 e. The Morgan fingerprint density at radius 2 is 1.35 bits per heavy atom. The highest BCUT2D eigenvalue weighted by Crippen LogP contribution is 2.14. The van der Waals surface area contributed by atoms with E-state index >= 15 is 0 Å². The van der Waals surface area contributed by atoms with Crippen LogP contribution in [0.15, 0.2) is 42.5 Å². The maximum atomic E-state index is 13.1. The fourth-order valence-electron chi connectivity index (χ4n) is 2.60. The Labute approximate surface area is 155 Å². The quantitative estimate of drug-likeness (QED) is 0.368. The van der Waals surface area contributed by atoms with Gasteiger partial charge < -0.3 is 4.74 Å². The van der Waals surface area contributed by atoms with Crippen LogP contribution in [0, 0.1) is 23.5 Å². The molecule has 0 aliphatic heterocycles. The Morgan fingerprint density at radius 3 is 2.04 bits per heavy atom.